The van der Waals surface area contributed by atoms with Crippen molar-refractivity contribution in [3.63, 3.8) is 0 Å². The van der Waals surface area contributed by atoms with Crippen molar-refractivity contribution in [1.82, 2.24) is 0 Å². The molecule has 0 saturated carbocycles. The van der Waals surface area contributed by atoms with Crippen LogP contribution in [-0.4, -0.2) is 79.8 Å². The highest BCUT2D eigenvalue weighted by Gasteiger charge is 2.38. The maximum Gasteiger partial charge on any atom is 0.310 e. The van der Waals surface area contributed by atoms with E-state index in [-0.39, 0.29) is 45.9 Å². The summed E-state index contributed by atoms with van der Waals surface area (Å²) in [6, 6.07) is 0. The Kier molecular flexibility index (Phi) is 13.9. The summed E-state index contributed by atoms with van der Waals surface area (Å²) in [5, 5.41) is 0. The molecule has 0 spiro atoms. The Balaban J connectivity index is 4.88. The second kappa shape index (κ2) is 14.4. The molecule has 0 amide bonds. The van der Waals surface area contributed by atoms with Gasteiger partial charge < -0.3 is 20.9 Å². The van der Waals surface area contributed by atoms with Crippen molar-refractivity contribution in [1.29, 1.82) is 0 Å². The Morgan fingerprint density at radius 2 is 1.03 bits per heavy atom. The zero-order chi connectivity index (χ0) is 27.5. The van der Waals surface area contributed by atoms with Gasteiger partial charge in [0.15, 0.2) is 0 Å². The van der Waals surface area contributed by atoms with Crippen LogP contribution in [0.5, 0.6) is 0 Å². The highest BCUT2D eigenvalue weighted by Crippen LogP contribution is 2.29. The van der Waals surface area contributed by atoms with Gasteiger partial charge in [0.25, 0.3) is 20.2 Å². The minimum Gasteiger partial charge on any atom is -0.466 e. The Hall–Kier alpha value is -1.32. The number of nitrogens with two attached hydrogens (primary N) is 2. The minimum atomic E-state index is -4.09. The lowest BCUT2D eigenvalue weighted by atomic mass is 9.79. The average molecular weight is 547 g/mol. The lowest BCUT2D eigenvalue weighted by molar-refractivity contribution is -0.153. The Morgan fingerprint density at radius 3 is 1.29 bits per heavy atom. The maximum atomic E-state index is 12.3. The van der Waals surface area contributed by atoms with E-state index in [1.54, 1.807) is 41.5 Å². The molecule has 0 radical (unpaired) electrons. The van der Waals surface area contributed by atoms with Crippen LogP contribution >= 0.6 is 0 Å². The van der Waals surface area contributed by atoms with E-state index in [4.69, 9.17) is 29.3 Å². The van der Waals surface area contributed by atoms with Gasteiger partial charge in [-0.25, -0.2) is 0 Å². The van der Waals surface area contributed by atoms with Gasteiger partial charge in [0.1, 0.15) is 0 Å². The van der Waals surface area contributed by atoms with E-state index in [9.17, 15) is 26.4 Å². The van der Waals surface area contributed by atoms with Gasteiger partial charge in [-0.1, -0.05) is 27.7 Å². The fourth-order valence-corrected chi connectivity index (χ4v) is 5.55. The third kappa shape index (κ3) is 12.0. The van der Waals surface area contributed by atoms with E-state index >= 15 is 0 Å². The Morgan fingerprint density at radius 1 is 0.714 bits per heavy atom. The summed E-state index contributed by atoms with van der Waals surface area (Å²) in [6.45, 7) is 9.36. The highest BCUT2D eigenvalue weighted by molar-refractivity contribution is 7.87. The number of esters is 2. The van der Waals surface area contributed by atoms with E-state index in [0.717, 1.165) is 0 Å². The van der Waals surface area contributed by atoms with Gasteiger partial charge in [-0.15, -0.1) is 0 Å². The van der Waals surface area contributed by atoms with Crippen molar-refractivity contribution in [2.24, 2.45) is 34.1 Å². The fraction of sp³-hybridized carbons (Fsp3) is 0.905. The van der Waals surface area contributed by atoms with E-state index in [0.29, 0.717) is 0 Å². The first-order valence-corrected chi connectivity index (χ1v) is 14.6. The summed E-state index contributed by atoms with van der Waals surface area (Å²) < 4.78 is 69.1. The van der Waals surface area contributed by atoms with Crippen LogP contribution in [0.4, 0.5) is 0 Å². The Bertz CT molecular complexity index is 814. The van der Waals surface area contributed by atoms with E-state index in [1.165, 1.54) is 0 Å². The molecule has 0 rings (SSSR count). The van der Waals surface area contributed by atoms with Crippen molar-refractivity contribution in [3.8, 4) is 0 Å². The van der Waals surface area contributed by atoms with Gasteiger partial charge in [-0.05, 0) is 20.3 Å². The number of carbonyl (C=O) groups excluding carboxylic acids is 2. The molecule has 0 bridgehead atoms. The number of carbonyl (C=O) groups is 2. The summed E-state index contributed by atoms with van der Waals surface area (Å²) in [6.07, 6.45) is -0.276. The molecule has 0 aliphatic heterocycles. The second-order valence-corrected chi connectivity index (χ2v) is 13.0. The van der Waals surface area contributed by atoms with Crippen molar-refractivity contribution >= 4 is 32.2 Å². The van der Waals surface area contributed by atoms with Gasteiger partial charge in [-0.2, -0.15) is 16.8 Å². The normalized spacial score (nSPS) is 14.9. The topological polar surface area (TPSA) is 191 Å². The standard InChI is InChI=1S/C21H42N2O10S2/c1-7-30-18(24)16(12-22)20(3,4)14-32-34(26,27)10-9-11-35(28,29)33-15-21(5,6)17(13-23)19(25)31-8-2/h16-17H,7-15,22-23H2,1-6H3/t16-,17-/m0/s1. The summed E-state index contributed by atoms with van der Waals surface area (Å²) in [5.74, 6) is -3.80. The smallest absolute Gasteiger partial charge is 0.310 e. The summed E-state index contributed by atoms with van der Waals surface area (Å²) in [5.41, 5.74) is 9.44. The van der Waals surface area contributed by atoms with Crippen LogP contribution in [0, 0.1) is 22.7 Å². The third-order valence-electron chi connectivity index (χ3n) is 5.51. The van der Waals surface area contributed by atoms with Crippen molar-refractivity contribution in [2.45, 2.75) is 48.0 Å². The monoisotopic (exact) mass is 546 g/mol. The lowest BCUT2D eigenvalue weighted by Gasteiger charge is -2.31. The number of hydrogen-bond acceptors (Lipinski definition) is 12. The molecular weight excluding hydrogens is 504 g/mol. The number of hydrogen-bond donors (Lipinski definition) is 2. The molecule has 2 atom stereocenters. The van der Waals surface area contributed by atoms with Crippen LogP contribution in [0.1, 0.15) is 48.0 Å². The summed E-state index contributed by atoms with van der Waals surface area (Å²) in [7, 11) is -8.17. The highest BCUT2D eigenvalue weighted by atomic mass is 32.2. The molecule has 0 aliphatic carbocycles. The first kappa shape index (κ1) is 33.7. The molecule has 4 N–H and O–H groups in total. The van der Waals surface area contributed by atoms with Crippen molar-refractivity contribution in [2.75, 3.05) is 51.0 Å². The van der Waals surface area contributed by atoms with E-state index in [1.807, 2.05) is 0 Å². The van der Waals surface area contributed by atoms with Crippen LogP contribution < -0.4 is 11.5 Å². The quantitative estimate of drug-likeness (QED) is 0.178. The fourth-order valence-electron chi connectivity index (χ4n) is 3.17. The summed E-state index contributed by atoms with van der Waals surface area (Å²) in [4.78, 5) is 24.1. The molecule has 12 nitrogen and oxygen atoms in total. The van der Waals surface area contributed by atoms with Crippen molar-refractivity contribution in [3.05, 3.63) is 0 Å². The first-order chi connectivity index (χ1) is 16.0. The predicted molar refractivity (Wildman–Crippen MR) is 130 cm³/mol. The molecule has 35 heavy (non-hydrogen) atoms. The SMILES string of the molecule is CCOC(=O)[C@H](CN)C(C)(C)COS(=O)(=O)CCCS(=O)(=O)OCC(C)(C)[C@@H](CN)C(=O)OCC. The molecule has 0 saturated heterocycles. The molecule has 0 heterocycles. The molecule has 14 heteroatoms. The van der Waals surface area contributed by atoms with Crippen molar-refractivity contribution < 1.29 is 44.3 Å². The van der Waals surface area contributed by atoms with Gasteiger partial charge in [0, 0.05) is 23.9 Å². The van der Waals surface area contributed by atoms with E-state index in [2.05, 4.69) is 0 Å². The third-order valence-corrected chi connectivity index (χ3v) is 8.04. The first-order valence-electron chi connectivity index (χ1n) is 11.5. The molecular formula is C21H42N2O10S2. The summed E-state index contributed by atoms with van der Waals surface area (Å²) >= 11 is 0. The molecule has 0 unspecified atom stereocenters. The zero-order valence-corrected chi connectivity index (χ0v) is 23.2. The van der Waals surface area contributed by atoms with Crippen LogP contribution in [0.25, 0.3) is 0 Å². The lowest BCUT2D eigenvalue weighted by Crippen LogP contribution is -2.41. The number of ether oxygens (including phenoxy) is 2. The minimum absolute atomic E-state index is 0.0532. The van der Waals surface area contributed by atoms with Crippen LogP contribution in [0.2, 0.25) is 0 Å². The van der Waals surface area contributed by atoms with Crippen LogP contribution in [0.3, 0.4) is 0 Å². The molecule has 0 fully saturated rings. The van der Waals surface area contributed by atoms with Crippen LogP contribution in [0.15, 0.2) is 0 Å². The molecule has 0 aromatic carbocycles. The average Bonchev–Trinajstić information content (AvgIpc) is 2.72. The predicted octanol–water partition coefficient (Wildman–Crippen LogP) is 0.398. The molecule has 208 valence electrons. The van der Waals surface area contributed by atoms with Gasteiger partial charge in [0.05, 0.1) is 49.8 Å². The zero-order valence-electron chi connectivity index (χ0n) is 21.6. The van der Waals surface area contributed by atoms with Gasteiger partial charge >= 0.3 is 11.9 Å². The Labute approximate surface area is 209 Å². The number of rotatable bonds is 18. The maximum absolute atomic E-state index is 12.3. The largest absolute Gasteiger partial charge is 0.466 e. The van der Waals surface area contributed by atoms with Gasteiger partial charge in [0.2, 0.25) is 0 Å². The molecule has 0 aromatic rings. The van der Waals surface area contributed by atoms with Gasteiger partial charge in [-0.3, -0.25) is 18.0 Å². The second-order valence-electron chi connectivity index (χ2n) is 9.46. The molecule has 0 aliphatic rings. The van der Waals surface area contributed by atoms with E-state index < -0.39 is 66.3 Å². The molecule has 0 aromatic heterocycles. The van der Waals surface area contributed by atoms with Crippen LogP contribution in [-0.2, 0) is 47.7 Å².